The van der Waals surface area contributed by atoms with Crippen LogP contribution >= 0.6 is 0 Å². The van der Waals surface area contributed by atoms with Crippen LogP contribution in [-0.2, 0) is 19.9 Å². The molecule has 0 aromatic heterocycles. The number of rotatable bonds is 4. The largest absolute Gasteiger partial charge is 0.495 e. The molecular weight excluding hydrogens is 321 g/mol. The molecule has 0 saturated carbocycles. The first-order valence-corrected chi connectivity index (χ1v) is 9.45. The maximum Gasteiger partial charge on any atom is 0.246 e. The van der Waals surface area contributed by atoms with Gasteiger partial charge >= 0.3 is 0 Å². The molecule has 2 rings (SSSR count). The molecule has 118 valence electrons. The molecule has 6 nitrogen and oxygen atoms in total. The average Bonchev–Trinajstić information content (AvgIpc) is 2.78. The van der Waals surface area contributed by atoms with E-state index in [1.165, 1.54) is 20.2 Å². The molecule has 1 unspecified atom stereocenters. The predicted molar refractivity (Wildman–Crippen MR) is 75.0 cm³/mol. The van der Waals surface area contributed by atoms with Gasteiger partial charge in [0.05, 0.1) is 18.6 Å². The van der Waals surface area contributed by atoms with Crippen molar-refractivity contribution in [3.05, 3.63) is 24.0 Å². The minimum atomic E-state index is -4.03. The zero-order chi connectivity index (χ0) is 15.8. The SMILES string of the molecule is COc1ccc(F)cc1S(=O)(=O)N(C)C1CCS(=O)(=O)C1. The molecule has 1 aliphatic heterocycles. The van der Waals surface area contributed by atoms with Crippen LogP contribution in [0.5, 0.6) is 5.75 Å². The third-order valence-electron chi connectivity index (χ3n) is 3.51. The summed E-state index contributed by atoms with van der Waals surface area (Å²) in [5.41, 5.74) is 0. The summed E-state index contributed by atoms with van der Waals surface area (Å²) < 4.78 is 67.3. The normalized spacial score (nSPS) is 21.6. The zero-order valence-electron chi connectivity index (χ0n) is 11.6. The number of sulfonamides is 1. The Labute approximate surface area is 123 Å². The van der Waals surface area contributed by atoms with Crippen molar-refractivity contribution >= 4 is 19.9 Å². The zero-order valence-corrected chi connectivity index (χ0v) is 13.2. The summed E-state index contributed by atoms with van der Waals surface area (Å²) in [6, 6.07) is 2.54. The van der Waals surface area contributed by atoms with Gasteiger partial charge in [-0.3, -0.25) is 0 Å². The van der Waals surface area contributed by atoms with Crippen molar-refractivity contribution in [2.75, 3.05) is 25.7 Å². The smallest absolute Gasteiger partial charge is 0.246 e. The molecule has 0 N–H and O–H groups in total. The van der Waals surface area contributed by atoms with Crippen LogP contribution in [0, 0.1) is 5.82 Å². The van der Waals surface area contributed by atoms with E-state index in [1.54, 1.807) is 0 Å². The standard InChI is InChI=1S/C12H16FNO5S2/c1-14(10-5-6-20(15,16)8-10)21(17,18)12-7-9(13)3-4-11(12)19-2/h3-4,7,10H,5-6,8H2,1-2H3. The van der Waals surface area contributed by atoms with E-state index in [2.05, 4.69) is 0 Å². The first kappa shape index (κ1) is 16.2. The van der Waals surface area contributed by atoms with Crippen molar-refractivity contribution in [3.63, 3.8) is 0 Å². The van der Waals surface area contributed by atoms with Crippen LogP contribution in [0.1, 0.15) is 6.42 Å². The third kappa shape index (κ3) is 3.19. The lowest BCUT2D eigenvalue weighted by Crippen LogP contribution is -2.38. The number of hydrogen-bond acceptors (Lipinski definition) is 5. The van der Waals surface area contributed by atoms with Gasteiger partial charge in [0.15, 0.2) is 9.84 Å². The molecule has 0 radical (unpaired) electrons. The monoisotopic (exact) mass is 337 g/mol. The van der Waals surface area contributed by atoms with Crippen LogP contribution in [0.15, 0.2) is 23.1 Å². The van der Waals surface area contributed by atoms with Crippen molar-refractivity contribution in [2.24, 2.45) is 0 Å². The first-order valence-electron chi connectivity index (χ1n) is 6.19. The summed E-state index contributed by atoms with van der Waals surface area (Å²) in [5, 5.41) is 0. The third-order valence-corrected chi connectivity index (χ3v) is 7.19. The number of nitrogens with zero attached hydrogens (tertiary/aromatic N) is 1. The van der Waals surface area contributed by atoms with E-state index in [-0.39, 0.29) is 28.6 Å². The number of methoxy groups -OCH3 is 1. The highest BCUT2D eigenvalue weighted by Gasteiger charge is 2.37. The molecular formula is C12H16FNO5S2. The summed E-state index contributed by atoms with van der Waals surface area (Å²) in [7, 11) is -4.67. The van der Waals surface area contributed by atoms with Crippen LogP contribution in [0.3, 0.4) is 0 Å². The second kappa shape index (κ2) is 5.54. The number of ether oxygens (including phenoxy) is 1. The number of sulfone groups is 1. The van der Waals surface area contributed by atoms with Gasteiger partial charge in [-0.05, 0) is 24.6 Å². The fourth-order valence-corrected chi connectivity index (χ4v) is 5.68. The van der Waals surface area contributed by atoms with Crippen LogP contribution in [0.2, 0.25) is 0 Å². The van der Waals surface area contributed by atoms with Crippen molar-refractivity contribution in [1.29, 1.82) is 0 Å². The molecule has 21 heavy (non-hydrogen) atoms. The van der Waals surface area contributed by atoms with Gasteiger partial charge in [0.1, 0.15) is 16.5 Å². The summed E-state index contributed by atoms with van der Waals surface area (Å²) in [4.78, 5) is -0.309. The molecule has 1 fully saturated rings. The molecule has 1 heterocycles. The molecule has 9 heteroatoms. The van der Waals surface area contributed by atoms with E-state index >= 15 is 0 Å². The maximum atomic E-state index is 13.3. The van der Waals surface area contributed by atoms with Crippen LogP contribution < -0.4 is 4.74 Å². The Hall–Kier alpha value is -1.19. The highest BCUT2D eigenvalue weighted by molar-refractivity contribution is 7.92. The van der Waals surface area contributed by atoms with Gasteiger partial charge in [-0.25, -0.2) is 21.2 Å². The summed E-state index contributed by atoms with van der Waals surface area (Å²) in [6.45, 7) is 0. The summed E-state index contributed by atoms with van der Waals surface area (Å²) in [6.07, 6.45) is 0.232. The Morgan fingerprint density at radius 1 is 1.38 bits per heavy atom. The number of halogens is 1. The molecule has 1 aliphatic rings. The van der Waals surface area contributed by atoms with E-state index in [9.17, 15) is 21.2 Å². The Bertz CT molecular complexity index is 745. The van der Waals surface area contributed by atoms with Crippen molar-refractivity contribution in [2.45, 2.75) is 17.4 Å². The molecule has 0 bridgehead atoms. The van der Waals surface area contributed by atoms with Crippen LogP contribution in [0.25, 0.3) is 0 Å². The lowest BCUT2D eigenvalue weighted by Gasteiger charge is -2.23. The maximum absolute atomic E-state index is 13.3. The summed E-state index contributed by atoms with van der Waals surface area (Å²) >= 11 is 0. The number of benzene rings is 1. The molecule has 1 aromatic carbocycles. The Kier molecular flexibility index (Phi) is 4.27. The fourth-order valence-electron chi connectivity index (χ4n) is 2.27. The van der Waals surface area contributed by atoms with E-state index in [0.717, 1.165) is 16.4 Å². The topological polar surface area (TPSA) is 80.8 Å². The summed E-state index contributed by atoms with van der Waals surface area (Å²) in [5.74, 6) is -0.955. The molecule has 0 amide bonds. The molecule has 1 aromatic rings. The average molecular weight is 337 g/mol. The van der Waals surface area contributed by atoms with E-state index in [1.807, 2.05) is 0 Å². The molecule has 0 spiro atoms. The Balaban J connectivity index is 2.40. The highest BCUT2D eigenvalue weighted by atomic mass is 32.2. The minimum Gasteiger partial charge on any atom is -0.495 e. The van der Waals surface area contributed by atoms with Crippen molar-refractivity contribution in [1.82, 2.24) is 4.31 Å². The highest BCUT2D eigenvalue weighted by Crippen LogP contribution is 2.29. The lowest BCUT2D eigenvalue weighted by molar-refractivity contribution is 0.378. The molecule has 0 aliphatic carbocycles. The van der Waals surface area contributed by atoms with Crippen LogP contribution in [-0.4, -0.2) is 52.8 Å². The fraction of sp³-hybridized carbons (Fsp3) is 0.500. The Morgan fingerprint density at radius 3 is 2.57 bits per heavy atom. The Morgan fingerprint density at radius 2 is 2.05 bits per heavy atom. The van der Waals surface area contributed by atoms with Gasteiger partial charge in [0.25, 0.3) is 0 Å². The van der Waals surface area contributed by atoms with Crippen LogP contribution in [0.4, 0.5) is 4.39 Å². The van der Waals surface area contributed by atoms with Gasteiger partial charge in [-0.1, -0.05) is 0 Å². The second-order valence-electron chi connectivity index (χ2n) is 4.87. The quantitative estimate of drug-likeness (QED) is 0.805. The lowest BCUT2D eigenvalue weighted by atomic mass is 10.3. The van der Waals surface area contributed by atoms with Gasteiger partial charge in [0.2, 0.25) is 10.0 Å². The second-order valence-corrected chi connectivity index (χ2v) is 9.07. The van der Waals surface area contributed by atoms with E-state index in [4.69, 9.17) is 4.74 Å². The number of hydrogen-bond donors (Lipinski definition) is 0. The van der Waals surface area contributed by atoms with Gasteiger partial charge in [0, 0.05) is 13.1 Å². The van der Waals surface area contributed by atoms with Crippen molar-refractivity contribution < 1.29 is 26.0 Å². The predicted octanol–water partition coefficient (Wildman–Crippen LogP) is 0.642. The van der Waals surface area contributed by atoms with Gasteiger partial charge < -0.3 is 4.74 Å². The molecule has 1 saturated heterocycles. The molecule has 1 atom stereocenters. The first-order chi connectivity index (χ1) is 9.67. The van der Waals surface area contributed by atoms with E-state index in [0.29, 0.717) is 0 Å². The van der Waals surface area contributed by atoms with Gasteiger partial charge in [-0.2, -0.15) is 4.31 Å². The van der Waals surface area contributed by atoms with Gasteiger partial charge in [-0.15, -0.1) is 0 Å². The van der Waals surface area contributed by atoms with Crippen molar-refractivity contribution in [3.8, 4) is 5.75 Å². The van der Waals surface area contributed by atoms with E-state index < -0.39 is 31.7 Å². The minimum absolute atomic E-state index is 0.0177.